The summed E-state index contributed by atoms with van der Waals surface area (Å²) in [6.45, 7) is -0.0905. The van der Waals surface area contributed by atoms with Crippen molar-refractivity contribution in [2.75, 3.05) is 6.54 Å². The standard InChI is InChI=1S/C9H10ClF3N2/c10-6-3-1-2-5(9(11,12)13)8(6)7(15)4-14/h1-3,7H,4,14-15H2. The smallest absolute Gasteiger partial charge is 0.329 e. The highest BCUT2D eigenvalue weighted by molar-refractivity contribution is 6.31. The van der Waals surface area contributed by atoms with Crippen LogP contribution < -0.4 is 11.5 Å². The predicted molar refractivity (Wildman–Crippen MR) is 52.4 cm³/mol. The number of hydrogen-bond acceptors (Lipinski definition) is 2. The van der Waals surface area contributed by atoms with E-state index in [4.69, 9.17) is 23.1 Å². The van der Waals surface area contributed by atoms with Crippen LogP contribution >= 0.6 is 11.6 Å². The lowest BCUT2D eigenvalue weighted by molar-refractivity contribution is -0.138. The van der Waals surface area contributed by atoms with Crippen LogP contribution in [0.15, 0.2) is 18.2 Å². The number of halogens is 4. The van der Waals surface area contributed by atoms with Gasteiger partial charge in [0.05, 0.1) is 5.56 Å². The van der Waals surface area contributed by atoms with Gasteiger partial charge in [-0.15, -0.1) is 0 Å². The Morgan fingerprint density at radius 1 is 1.33 bits per heavy atom. The van der Waals surface area contributed by atoms with E-state index in [-0.39, 0.29) is 17.1 Å². The fraction of sp³-hybridized carbons (Fsp3) is 0.333. The highest BCUT2D eigenvalue weighted by Crippen LogP contribution is 2.37. The number of hydrogen-bond donors (Lipinski definition) is 2. The molecule has 15 heavy (non-hydrogen) atoms. The van der Waals surface area contributed by atoms with Gasteiger partial charge in [0.1, 0.15) is 0 Å². The third-order valence-electron chi connectivity index (χ3n) is 1.98. The Morgan fingerprint density at radius 3 is 2.40 bits per heavy atom. The molecule has 0 aromatic heterocycles. The molecule has 1 rings (SSSR count). The molecular weight excluding hydrogens is 229 g/mol. The highest BCUT2D eigenvalue weighted by Gasteiger charge is 2.35. The van der Waals surface area contributed by atoms with Crippen molar-refractivity contribution in [1.29, 1.82) is 0 Å². The van der Waals surface area contributed by atoms with E-state index in [1.165, 1.54) is 12.1 Å². The Kier molecular flexibility index (Phi) is 3.59. The third kappa shape index (κ3) is 2.62. The van der Waals surface area contributed by atoms with Crippen molar-refractivity contribution in [3.8, 4) is 0 Å². The van der Waals surface area contributed by atoms with Gasteiger partial charge in [-0.3, -0.25) is 0 Å². The third-order valence-corrected chi connectivity index (χ3v) is 2.31. The monoisotopic (exact) mass is 238 g/mol. The minimum absolute atomic E-state index is 0.0113. The second-order valence-corrected chi connectivity index (χ2v) is 3.45. The molecule has 0 heterocycles. The average molecular weight is 239 g/mol. The summed E-state index contributed by atoms with van der Waals surface area (Å²) >= 11 is 5.67. The van der Waals surface area contributed by atoms with Crippen LogP contribution in [-0.4, -0.2) is 6.54 Å². The van der Waals surface area contributed by atoms with Crippen LogP contribution in [0.25, 0.3) is 0 Å². The SMILES string of the molecule is NCC(N)c1c(Cl)cccc1C(F)(F)F. The fourth-order valence-electron chi connectivity index (χ4n) is 1.28. The Labute approximate surface area is 90.0 Å². The van der Waals surface area contributed by atoms with Gasteiger partial charge in [0.2, 0.25) is 0 Å². The Morgan fingerprint density at radius 2 is 1.93 bits per heavy atom. The number of rotatable bonds is 2. The van der Waals surface area contributed by atoms with E-state index in [1.807, 2.05) is 0 Å². The molecule has 4 N–H and O–H groups in total. The molecule has 2 nitrogen and oxygen atoms in total. The molecule has 0 radical (unpaired) electrons. The van der Waals surface area contributed by atoms with E-state index >= 15 is 0 Å². The van der Waals surface area contributed by atoms with Gasteiger partial charge in [-0.2, -0.15) is 13.2 Å². The second-order valence-electron chi connectivity index (χ2n) is 3.04. The first kappa shape index (κ1) is 12.3. The molecule has 0 amide bonds. The van der Waals surface area contributed by atoms with Crippen LogP contribution in [0.5, 0.6) is 0 Å². The topological polar surface area (TPSA) is 52.0 Å². The van der Waals surface area contributed by atoms with Gasteiger partial charge in [-0.25, -0.2) is 0 Å². The van der Waals surface area contributed by atoms with Gasteiger partial charge < -0.3 is 11.5 Å². The summed E-state index contributed by atoms with van der Waals surface area (Å²) in [6.07, 6.45) is -4.47. The summed E-state index contributed by atoms with van der Waals surface area (Å²) < 4.78 is 37.7. The maximum atomic E-state index is 12.6. The molecule has 0 aliphatic heterocycles. The van der Waals surface area contributed by atoms with Crippen LogP contribution in [0.2, 0.25) is 5.02 Å². The zero-order chi connectivity index (χ0) is 11.6. The fourth-order valence-corrected chi connectivity index (χ4v) is 1.59. The first-order chi connectivity index (χ1) is 6.88. The van der Waals surface area contributed by atoms with Crippen molar-refractivity contribution in [1.82, 2.24) is 0 Å². The Bertz CT molecular complexity index is 352. The lowest BCUT2D eigenvalue weighted by Gasteiger charge is -2.18. The van der Waals surface area contributed by atoms with E-state index in [1.54, 1.807) is 0 Å². The average Bonchev–Trinajstić information content (AvgIpc) is 2.15. The normalized spacial score (nSPS) is 14.0. The van der Waals surface area contributed by atoms with Crippen molar-refractivity contribution in [3.63, 3.8) is 0 Å². The van der Waals surface area contributed by atoms with Crippen LogP contribution in [-0.2, 0) is 6.18 Å². The predicted octanol–water partition coefficient (Wildman–Crippen LogP) is 2.32. The van der Waals surface area contributed by atoms with Gasteiger partial charge in [0.15, 0.2) is 0 Å². The van der Waals surface area contributed by atoms with Crippen LogP contribution in [0, 0.1) is 0 Å². The molecule has 0 saturated carbocycles. The first-order valence-electron chi connectivity index (χ1n) is 4.19. The zero-order valence-corrected chi connectivity index (χ0v) is 8.44. The maximum Gasteiger partial charge on any atom is 0.416 e. The van der Waals surface area contributed by atoms with Gasteiger partial charge in [0, 0.05) is 23.2 Å². The number of alkyl halides is 3. The lowest BCUT2D eigenvalue weighted by Crippen LogP contribution is -2.24. The van der Waals surface area contributed by atoms with Gasteiger partial charge in [-0.1, -0.05) is 17.7 Å². The van der Waals surface area contributed by atoms with Crippen LogP contribution in [0.3, 0.4) is 0 Å². The first-order valence-corrected chi connectivity index (χ1v) is 4.57. The quantitative estimate of drug-likeness (QED) is 0.831. The Hall–Kier alpha value is -0.780. The summed E-state index contributed by atoms with van der Waals surface area (Å²) in [5.74, 6) is 0. The van der Waals surface area contributed by atoms with Gasteiger partial charge >= 0.3 is 6.18 Å². The van der Waals surface area contributed by atoms with Gasteiger partial charge in [-0.05, 0) is 12.1 Å². The molecule has 0 aliphatic carbocycles. The molecule has 1 unspecified atom stereocenters. The number of benzene rings is 1. The van der Waals surface area contributed by atoms with Crippen molar-refractivity contribution in [2.24, 2.45) is 11.5 Å². The minimum atomic E-state index is -4.47. The minimum Gasteiger partial charge on any atom is -0.329 e. The molecular formula is C9H10ClF3N2. The van der Waals surface area contributed by atoms with E-state index in [0.717, 1.165) is 6.07 Å². The van der Waals surface area contributed by atoms with E-state index < -0.39 is 17.8 Å². The molecule has 0 fully saturated rings. The molecule has 6 heteroatoms. The van der Waals surface area contributed by atoms with E-state index in [9.17, 15) is 13.2 Å². The summed E-state index contributed by atoms with van der Waals surface area (Å²) in [7, 11) is 0. The molecule has 0 saturated heterocycles. The molecule has 0 aliphatic rings. The molecule has 84 valence electrons. The van der Waals surface area contributed by atoms with Crippen molar-refractivity contribution < 1.29 is 13.2 Å². The van der Waals surface area contributed by atoms with Crippen molar-refractivity contribution in [3.05, 3.63) is 34.3 Å². The van der Waals surface area contributed by atoms with Crippen molar-refractivity contribution >= 4 is 11.6 Å². The molecule has 1 atom stereocenters. The summed E-state index contributed by atoms with van der Waals surface area (Å²) in [5, 5.41) is -0.0113. The van der Waals surface area contributed by atoms with Gasteiger partial charge in [0.25, 0.3) is 0 Å². The number of nitrogens with two attached hydrogens (primary N) is 2. The second kappa shape index (κ2) is 4.38. The summed E-state index contributed by atoms with van der Waals surface area (Å²) in [4.78, 5) is 0. The van der Waals surface area contributed by atoms with Crippen LogP contribution in [0.4, 0.5) is 13.2 Å². The molecule has 0 bridgehead atoms. The molecule has 1 aromatic carbocycles. The van der Waals surface area contributed by atoms with Crippen molar-refractivity contribution in [2.45, 2.75) is 12.2 Å². The summed E-state index contributed by atoms with van der Waals surface area (Å²) in [6, 6.07) is 2.63. The van der Waals surface area contributed by atoms with E-state index in [0.29, 0.717) is 0 Å². The molecule has 1 aromatic rings. The Balaban J connectivity index is 3.33. The largest absolute Gasteiger partial charge is 0.416 e. The van der Waals surface area contributed by atoms with E-state index in [2.05, 4.69) is 0 Å². The summed E-state index contributed by atoms with van der Waals surface area (Å²) in [5.41, 5.74) is 9.75. The highest BCUT2D eigenvalue weighted by atomic mass is 35.5. The molecule has 0 spiro atoms. The lowest BCUT2D eigenvalue weighted by atomic mass is 10.0. The zero-order valence-electron chi connectivity index (χ0n) is 7.68. The van der Waals surface area contributed by atoms with Crippen LogP contribution in [0.1, 0.15) is 17.2 Å². The maximum absolute atomic E-state index is 12.6.